The molecule has 5 heteroatoms. The van der Waals surface area contributed by atoms with Crippen molar-refractivity contribution in [1.29, 1.82) is 0 Å². The number of hydrogen-bond donors (Lipinski definition) is 2. The van der Waals surface area contributed by atoms with Gasteiger partial charge in [-0.05, 0) is 0 Å². The van der Waals surface area contributed by atoms with E-state index in [-0.39, 0.29) is 58.1 Å². The fraction of sp³-hybridized carbons (Fsp3) is 1.00. The second-order valence-electron chi connectivity index (χ2n) is 2.28. The summed E-state index contributed by atoms with van der Waals surface area (Å²) >= 11 is 0. The van der Waals surface area contributed by atoms with Crippen LogP contribution in [0.5, 0.6) is 0 Å². The molecule has 11 heavy (non-hydrogen) atoms. The topological polar surface area (TPSA) is 65.5 Å². The fourth-order valence-electron chi connectivity index (χ4n) is 0.347. The average Bonchev–Trinajstić information content (AvgIpc) is 2.86. The number of hydrogen-bond acceptors (Lipinski definition) is 4. The standard InChI is InChI=1S/2C3H6O2.Y/c2*4-1-3-2-5-3;/h2*3-4H,1-2H2;. The van der Waals surface area contributed by atoms with Gasteiger partial charge in [0, 0.05) is 32.7 Å². The SMILES string of the molecule is OCC1CO1.OCC1CO1.[Y]. The summed E-state index contributed by atoms with van der Waals surface area (Å²) in [5.74, 6) is 0. The summed E-state index contributed by atoms with van der Waals surface area (Å²) in [4.78, 5) is 0. The molecule has 0 amide bonds. The third kappa shape index (κ3) is 7.31. The van der Waals surface area contributed by atoms with Crippen molar-refractivity contribution < 1.29 is 52.4 Å². The molecule has 0 saturated carbocycles. The van der Waals surface area contributed by atoms with Crippen LogP contribution >= 0.6 is 0 Å². The van der Waals surface area contributed by atoms with Gasteiger partial charge in [-0.2, -0.15) is 0 Å². The first-order valence-electron chi connectivity index (χ1n) is 3.31. The summed E-state index contributed by atoms with van der Waals surface area (Å²) in [6, 6.07) is 0. The van der Waals surface area contributed by atoms with Gasteiger partial charge in [-0.1, -0.05) is 0 Å². The molecule has 2 atom stereocenters. The van der Waals surface area contributed by atoms with Gasteiger partial charge in [0.2, 0.25) is 0 Å². The molecule has 2 aliphatic rings. The van der Waals surface area contributed by atoms with Crippen LogP contribution in [0.1, 0.15) is 0 Å². The Morgan fingerprint density at radius 3 is 1.27 bits per heavy atom. The molecule has 2 fully saturated rings. The molecule has 2 heterocycles. The minimum atomic E-state index is 0. The number of rotatable bonds is 2. The molecule has 63 valence electrons. The van der Waals surface area contributed by atoms with Crippen LogP contribution in [0.25, 0.3) is 0 Å². The van der Waals surface area contributed by atoms with Crippen LogP contribution in [-0.2, 0) is 42.2 Å². The molecule has 0 aliphatic carbocycles. The van der Waals surface area contributed by atoms with Gasteiger partial charge < -0.3 is 19.7 Å². The van der Waals surface area contributed by atoms with Crippen LogP contribution in [-0.4, -0.2) is 48.8 Å². The Balaban J connectivity index is 0.000000167. The Morgan fingerprint density at radius 2 is 1.27 bits per heavy atom. The summed E-state index contributed by atoms with van der Waals surface area (Å²) in [7, 11) is 0. The zero-order chi connectivity index (χ0) is 7.40. The van der Waals surface area contributed by atoms with Gasteiger partial charge in [0.05, 0.1) is 26.4 Å². The molecule has 1 radical (unpaired) electrons. The van der Waals surface area contributed by atoms with Gasteiger partial charge in [0.1, 0.15) is 12.2 Å². The van der Waals surface area contributed by atoms with E-state index in [0.29, 0.717) is 0 Å². The molecule has 0 bridgehead atoms. The van der Waals surface area contributed by atoms with Crippen LogP contribution in [0.3, 0.4) is 0 Å². The minimum Gasteiger partial charge on any atom is -0.394 e. The van der Waals surface area contributed by atoms with Crippen molar-refractivity contribution in [3.8, 4) is 0 Å². The van der Waals surface area contributed by atoms with Crippen molar-refractivity contribution in [2.45, 2.75) is 12.2 Å². The normalized spacial score (nSPS) is 31.1. The van der Waals surface area contributed by atoms with E-state index in [1.165, 1.54) is 0 Å². The van der Waals surface area contributed by atoms with Crippen molar-refractivity contribution >= 4 is 0 Å². The van der Waals surface area contributed by atoms with E-state index >= 15 is 0 Å². The quantitative estimate of drug-likeness (QED) is 0.589. The third-order valence-electron chi connectivity index (χ3n) is 1.21. The monoisotopic (exact) mass is 237 g/mol. The van der Waals surface area contributed by atoms with Crippen LogP contribution in [0.15, 0.2) is 0 Å². The van der Waals surface area contributed by atoms with Crippen LogP contribution in [0, 0.1) is 0 Å². The molecule has 0 aromatic rings. The number of ether oxygens (including phenoxy) is 2. The maximum Gasteiger partial charge on any atom is 0.104 e. The molecule has 4 nitrogen and oxygen atoms in total. The van der Waals surface area contributed by atoms with Gasteiger partial charge in [-0.3, -0.25) is 0 Å². The first-order valence-corrected chi connectivity index (χ1v) is 3.31. The van der Waals surface area contributed by atoms with E-state index in [2.05, 4.69) is 9.47 Å². The molecule has 2 saturated heterocycles. The predicted molar refractivity (Wildman–Crippen MR) is 33.7 cm³/mol. The molecule has 2 unspecified atom stereocenters. The van der Waals surface area contributed by atoms with Crippen LogP contribution in [0.2, 0.25) is 0 Å². The van der Waals surface area contributed by atoms with Gasteiger partial charge in [-0.25, -0.2) is 0 Å². The summed E-state index contributed by atoms with van der Waals surface area (Å²) in [5.41, 5.74) is 0. The van der Waals surface area contributed by atoms with E-state index in [9.17, 15) is 0 Å². The van der Waals surface area contributed by atoms with E-state index in [4.69, 9.17) is 10.2 Å². The minimum absolute atomic E-state index is 0. The van der Waals surface area contributed by atoms with Crippen molar-refractivity contribution in [2.24, 2.45) is 0 Å². The maximum absolute atomic E-state index is 8.08. The van der Waals surface area contributed by atoms with Gasteiger partial charge in [-0.15, -0.1) is 0 Å². The molecule has 2 N–H and O–H groups in total. The smallest absolute Gasteiger partial charge is 0.104 e. The summed E-state index contributed by atoms with van der Waals surface area (Å²) < 4.78 is 9.22. The Labute approximate surface area is 90.8 Å². The number of aliphatic hydroxyl groups is 2. The zero-order valence-electron chi connectivity index (χ0n) is 6.27. The van der Waals surface area contributed by atoms with Crippen LogP contribution < -0.4 is 0 Å². The predicted octanol–water partition coefficient (Wildman–Crippen LogP) is -1.25. The molecular formula is C6H12O4Y. The van der Waals surface area contributed by atoms with E-state index in [1.807, 2.05) is 0 Å². The van der Waals surface area contributed by atoms with Crippen molar-refractivity contribution in [3.05, 3.63) is 0 Å². The fourth-order valence-corrected chi connectivity index (χ4v) is 0.347. The molecule has 0 spiro atoms. The zero-order valence-corrected chi connectivity index (χ0v) is 9.11. The second-order valence-corrected chi connectivity index (χ2v) is 2.28. The van der Waals surface area contributed by atoms with Crippen molar-refractivity contribution in [1.82, 2.24) is 0 Å². The number of epoxide rings is 2. The Bertz CT molecular complexity index is 80.6. The molecular weight excluding hydrogens is 225 g/mol. The largest absolute Gasteiger partial charge is 0.394 e. The summed E-state index contributed by atoms with van der Waals surface area (Å²) in [6.07, 6.45) is 0.380. The Hall–Kier alpha value is 0.944. The first-order chi connectivity index (χ1) is 4.86. The van der Waals surface area contributed by atoms with Gasteiger partial charge in [0.25, 0.3) is 0 Å². The first kappa shape index (κ1) is 11.9. The Morgan fingerprint density at radius 1 is 1.00 bits per heavy atom. The maximum atomic E-state index is 8.08. The van der Waals surface area contributed by atoms with Crippen molar-refractivity contribution in [3.63, 3.8) is 0 Å². The van der Waals surface area contributed by atoms with E-state index in [0.717, 1.165) is 13.2 Å². The third-order valence-corrected chi connectivity index (χ3v) is 1.21. The molecule has 2 aliphatic heterocycles. The second kappa shape index (κ2) is 6.46. The Kier molecular flexibility index (Phi) is 7.01. The van der Waals surface area contributed by atoms with E-state index < -0.39 is 0 Å². The van der Waals surface area contributed by atoms with Crippen molar-refractivity contribution in [2.75, 3.05) is 26.4 Å². The average molecular weight is 237 g/mol. The number of aliphatic hydroxyl groups excluding tert-OH is 2. The van der Waals surface area contributed by atoms with Gasteiger partial charge >= 0.3 is 0 Å². The summed E-state index contributed by atoms with van der Waals surface area (Å²) in [6.45, 7) is 1.91. The molecule has 0 aromatic carbocycles. The van der Waals surface area contributed by atoms with Crippen LogP contribution in [0.4, 0.5) is 0 Å². The molecule has 2 rings (SSSR count). The summed E-state index contributed by atoms with van der Waals surface area (Å²) in [5, 5.41) is 16.2. The van der Waals surface area contributed by atoms with Gasteiger partial charge in [0.15, 0.2) is 0 Å². The van der Waals surface area contributed by atoms with E-state index in [1.54, 1.807) is 0 Å². The molecule has 0 aromatic heterocycles.